The molecule has 5 nitrogen and oxygen atoms in total. The predicted octanol–water partition coefficient (Wildman–Crippen LogP) is 4.38. The number of hydrogen-bond acceptors (Lipinski definition) is 3. The largest absolute Gasteiger partial charge is 0.497 e. The normalized spacial score (nSPS) is 10.2. The Kier molecular flexibility index (Phi) is 7.88. The molecule has 0 atom stereocenters. The lowest BCUT2D eigenvalue weighted by molar-refractivity contribution is 0.238. The van der Waals surface area contributed by atoms with Gasteiger partial charge in [0.1, 0.15) is 11.5 Å². The zero-order chi connectivity index (χ0) is 18.1. The zero-order valence-corrected chi connectivity index (χ0v) is 16.2. The molecule has 0 aliphatic carbocycles. The van der Waals surface area contributed by atoms with Crippen LogP contribution < -0.4 is 20.1 Å². The average molecular weight is 428 g/mol. The zero-order valence-electron chi connectivity index (χ0n) is 13.9. The van der Waals surface area contributed by atoms with Crippen LogP contribution in [0.25, 0.3) is 0 Å². The first-order valence-corrected chi connectivity index (χ1v) is 8.98. The fourth-order valence-electron chi connectivity index (χ4n) is 2.08. The molecule has 0 saturated heterocycles. The molecule has 2 N–H and O–H groups in total. The van der Waals surface area contributed by atoms with Crippen molar-refractivity contribution in [2.45, 2.75) is 13.0 Å². The second-order valence-corrected chi connectivity index (χ2v) is 6.56. The third kappa shape index (κ3) is 6.84. The predicted molar refractivity (Wildman–Crippen MR) is 102 cm³/mol. The molecule has 0 spiro atoms. The molecule has 0 heterocycles. The van der Waals surface area contributed by atoms with Gasteiger partial charge in [0, 0.05) is 17.6 Å². The van der Waals surface area contributed by atoms with Gasteiger partial charge in [-0.05, 0) is 42.3 Å². The number of carbonyl (C=O) groups is 1. The van der Waals surface area contributed by atoms with Crippen molar-refractivity contribution in [2.24, 2.45) is 0 Å². The number of benzene rings is 2. The van der Waals surface area contributed by atoms with Gasteiger partial charge in [0.25, 0.3) is 0 Å². The van der Waals surface area contributed by atoms with E-state index in [1.807, 2.05) is 30.3 Å². The van der Waals surface area contributed by atoms with Crippen LogP contribution in [0.15, 0.2) is 46.9 Å². The highest BCUT2D eigenvalue weighted by molar-refractivity contribution is 9.10. The smallest absolute Gasteiger partial charge is 0.315 e. The van der Waals surface area contributed by atoms with Crippen molar-refractivity contribution in [1.82, 2.24) is 10.6 Å². The van der Waals surface area contributed by atoms with Crippen LogP contribution in [0.4, 0.5) is 4.79 Å². The van der Waals surface area contributed by atoms with Gasteiger partial charge in [-0.1, -0.05) is 39.7 Å². The quantitative estimate of drug-likeness (QED) is 0.615. The standard InChI is InChI=1S/C18H20BrClN2O3/c1-24-15-5-2-4-13(10-15)12-22-18(23)21-8-3-9-25-17-7-6-14(19)11-16(17)20/h2,4-7,10-11H,3,8-9,12H2,1H3,(H2,21,22,23). The van der Waals surface area contributed by atoms with Crippen LogP contribution in [0, 0.1) is 0 Å². The molecule has 0 aromatic heterocycles. The van der Waals surface area contributed by atoms with Crippen LogP contribution in [-0.4, -0.2) is 26.3 Å². The van der Waals surface area contributed by atoms with Crippen molar-refractivity contribution in [3.63, 3.8) is 0 Å². The minimum absolute atomic E-state index is 0.218. The lowest BCUT2D eigenvalue weighted by atomic mass is 10.2. The van der Waals surface area contributed by atoms with Gasteiger partial charge in [-0.15, -0.1) is 0 Å². The van der Waals surface area contributed by atoms with Gasteiger partial charge in [0.2, 0.25) is 0 Å². The second-order valence-electron chi connectivity index (χ2n) is 5.24. The van der Waals surface area contributed by atoms with Gasteiger partial charge in [-0.2, -0.15) is 0 Å². The molecule has 2 rings (SSSR count). The van der Waals surface area contributed by atoms with Gasteiger partial charge < -0.3 is 20.1 Å². The molecule has 2 aromatic rings. The summed E-state index contributed by atoms with van der Waals surface area (Å²) >= 11 is 9.41. The molecule has 0 aliphatic heterocycles. The maximum Gasteiger partial charge on any atom is 0.315 e. The fourth-order valence-corrected chi connectivity index (χ4v) is 2.80. The number of methoxy groups -OCH3 is 1. The third-order valence-electron chi connectivity index (χ3n) is 3.35. The van der Waals surface area contributed by atoms with Crippen molar-refractivity contribution in [3.8, 4) is 11.5 Å². The summed E-state index contributed by atoms with van der Waals surface area (Å²) in [5.41, 5.74) is 0.975. The number of rotatable bonds is 8. The highest BCUT2D eigenvalue weighted by Crippen LogP contribution is 2.27. The number of urea groups is 1. The van der Waals surface area contributed by atoms with Crippen LogP contribution >= 0.6 is 27.5 Å². The highest BCUT2D eigenvalue weighted by atomic mass is 79.9. The molecule has 134 valence electrons. The maximum absolute atomic E-state index is 11.8. The van der Waals surface area contributed by atoms with Crippen molar-refractivity contribution in [1.29, 1.82) is 0 Å². The second kappa shape index (κ2) is 10.2. The first-order chi connectivity index (χ1) is 12.1. The summed E-state index contributed by atoms with van der Waals surface area (Å²) in [6.07, 6.45) is 0.680. The summed E-state index contributed by atoms with van der Waals surface area (Å²) in [6, 6.07) is 12.8. The Morgan fingerprint density at radius 1 is 1.20 bits per heavy atom. The van der Waals surface area contributed by atoms with Crippen molar-refractivity contribution in [3.05, 3.63) is 57.5 Å². The Morgan fingerprint density at radius 2 is 2.04 bits per heavy atom. The molecule has 0 radical (unpaired) electrons. The van der Waals surface area contributed by atoms with Gasteiger partial charge >= 0.3 is 6.03 Å². The SMILES string of the molecule is COc1cccc(CNC(=O)NCCCOc2ccc(Br)cc2Cl)c1. The minimum atomic E-state index is -0.218. The molecule has 7 heteroatoms. The van der Waals surface area contributed by atoms with E-state index in [1.165, 1.54) is 0 Å². The van der Waals surface area contributed by atoms with E-state index in [0.29, 0.717) is 36.9 Å². The molecule has 0 bridgehead atoms. The van der Waals surface area contributed by atoms with Gasteiger partial charge in [-0.3, -0.25) is 0 Å². The first-order valence-electron chi connectivity index (χ1n) is 7.81. The van der Waals surface area contributed by atoms with Crippen LogP contribution in [0.3, 0.4) is 0 Å². The fraction of sp³-hybridized carbons (Fsp3) is 0.278. The Labute approximate surface area is 160 Å². The van der Waals surface area contributed by atoms with E-state index in [0.717, 1.165) is 15.8 Å². The van der Waals surface area contributed by atoms with Crippen molar-refractivity contribution >= 4 is 33.6 Å². The van der Waals surface area contributed by atoms with E-state index in [9.17, 15) is 4.79 Å². The van der Waals surface area contributed by atoms with Crippen LogP contribution in [0.1, 0.15) is 12.0 Å². The molecule has 0 unspecified atom stereocenters. The summed E-state index contributed by atoms with van der Waals surface area (Å²) in [6.45, 7) is 1.42. The minimum Gasteiger partial charge on any atom is -0.497 e. The van der Waals surface area contributed by atoms with E-state index in [2.05, 4.69) is 26.6 Å². The number of carbonyl (C=O) groups excluding carboxylic acids is 1. The lowest BCUT2D eigenvalue weighted by Gasteiger charge is -2.10. The summed E-state index contributed by atoms with van der Waals surface area (Å²) in [4.78, 5) is 11.8. The van der Waals surface area contributed by atoms with Gasteiger partial charge in [0.15, 0.2) is 0 Å². The Morgan fingerprint density at radius 3 is 2.80 bits per heavy atom. The van der Waals surface area contributed by atoms with Crippen LogP contribution in [0.5, 0.6) is 11.5 Å². The van der Waals surface area contributed by atoms with Gasteiger partial charge in [0.05, 0.1) is 18.7 Å². The topological polar surface area (TPSA) is 59.6 Å². The Bertz CT molecular complexity index is 712. The number of ether oxygens (including phenoxy) is 2. The Balaban J connectivity index is 1.62. The molecule has 2 amide bonds. The highest BCUT2D eigenvalue weighted by Gasteiger charge is 2.03. The van der Waals surface area contributed by atoms with E-state index in [1.54, 1.807) is 19.2 Å². The van der Waals surface area contributed by atoms with Crippen molar-refractivity contribution in [2.75, 3.05) is 20.3 Å². The monoisotopic (exact) mass is 426 g/mol. The number of hydrogen-bond donors (Lipinski definition) is 2. The lowest BCUT2D eigenvalue weighted by Crippen LogP contribution is -2.36. The average Bonchev–Trinajstić information content (AvgIpc) is 2.61. The molecule has 2 aromatic carbocycles. The summed E-state index contributed by atoms with van der Waals surface area (Å²) in [5, 5.41) is 6.15. The van der Waals surface area contributed by atoms with E-state index < -0.39 is 0 Å². The maximum atomic E-state index is 11.8. The molecule has 0 saturated carbocycles. The first kappa shape index (κ1) is 19.4. The molecule has 25 heavy (non-hydrogen) atoms. The van der Waals surface area contributed by atoms with Gasteiger partial charge in [-0.25, -0.2) is 4.79 Å². The van der Waals surface area contributed by atoms with Crippen LogP contribution in [0.2, 0.25) is 5.02 Å². The summed E-state index contributed by atoms with van der Waals surface area (Å²) in [7, 11) is 1.61. The Hall–Kier alpha value is -1.92. The summed E-state index contributed by atoms with van der Waals surface area (Å²) in [5.74, 6) is 1.40. The van der Waals surface area contributed by atoms with Crippen LogP contribution in [-0.2, 0) is 6.54 Å². The van der Waals surface area contributed by atoms with E-state index >= 15 is 0 Å². The summed E-state index contributed by atoms with van der Waals surface area (Å²) < 4.78 is 11.6. The van der Waals surface area contributed by atoms with E-state index in [-0.39, 0.29) is 6.03 Å². The molecular weight excluding hydrogens is 408 g/mol. The van der Waals surface area contributed by atoms with E-state index in [4.69, 9.17) is 21.1 Å². The third-order valence-corrected chi connectivity index (χ3v) is 4.13. The number of halogens is 2. The number of amides is 2. The molecule has 0 aliphatic rings. The van der Waals surface area contributed by atoms with Crippen molar-refractivity contribution < 1.29 is 14.3 Å². The molecule has 0 fully saturated rings. The molecular formula is C18H20BrClN2O3. The number of nitrogens with one attached hydrogen (secondary N) is 2.